The molecule has 4 nitrogen and oxygen atoms in total. The Balaban J connectivity index is 2.01. The van der Waals surface area contributed by atoms with Gasteiger partial charge in [0, 0.05) is 31.3 Å². The first-order chi connectivity index (χ1) is 10.0. The zero-order valence-electron chi connectivity index (χ0n) is 14.5. The van der Waals surface area contributed by atoms with Gasteiger partial charge in [-0.2, -0.15) is 0 Å². The number of nitrogens with zero attached hydrogens (tertiary/aromatic N) is 2. The van der Waals surface area contributed by atoms with Gasteiger partial charge in [-0.3, -0.25) is 9.80 Å². The van der Waals surface area contributed by atoms with E-state index in [1.165, 1.54) is 25.9 Å². The maximum absolute atomic E-state index is 6.23. The van der Waals surface area contributed by atoms with Crippen molar-refractivity contribution in [1.82, 2.24) is 9.80 Å². The highest BCUT2D eigenvalue weighted by atomic mass is 16.5. The third kappa shape index (κ3) is 3.79. The van der Waals surface area contributed by atoms with Crippen LogP contribution in [-0.4, -0.2) is 67.3 Å². The highest BCUT2D eigenvalue weighted by Gasteiger charge is 2.41. The normalized spacial score (nSPS) is 35.0. The monoisotopic (exact) mass is 297 g/mol. The van der Waals surface area contributed by atoms with Crippen LogP contribution in [0.25, 0.3) is 0 Å². The summed E-state index contributed by atoms with van der Waals surface area (Å²) in [6.45, 7) is 12.0. The molecule has 2 fully saturated rings. The number of rotatable bonds is 6. The van der Waals surface area contributed by atoms with Gasteiger partial charge in [-0.1, -0.05) is 20.8 Å². The molecular weight excluding hydrogens is 262 g/mol. The van der Waals surface area contributed by atoms with Crippen LogP contribution >= 0.6 is 0 Å². The Bertz CT molecular complexity index is 323. The third-order valence-electron chi connectivity index (χ3n) is 5.80. The molecule has 4 heteroatoms. The number of nitrogens with two attached hydrogens (primary N) is 1. The fourth-order valence-electron chi connectivity index (χ4n) is 4.08. The molecule has 0 aromatic rings. The molecule has 2 N–H and O–H groups in total. The van der Waals surface area contributed by atoms with E-state index in [0.717, 1.165) is 32.5 Å². The van der Waals surface area contributed by atoms with E-state index < -0.39 is 0 Å². The lowest BCUT2D eigenvalue weighted by molar-refractivity contribution is -0.0845. The Morgan fingerprint density at radius 2 is 2.19 bits per heavy atom. The standard InChI is InChI=1S/C17H35N3O/c1-5-20-9-6-7-15(20)12-19(4)17(13-18)8-10-21-16(11-17)14(2)3/h14-16H,5-13,18H2,1-4H3. The van der Waals surface area contributed by atoms with Crippen LogP contribution in [0.1, 0.15) is 46.5 Å². The summed E-state index contributed by atoms with van der Waals surface area (Å²) >= 11 is 0. The van der Waals surface area contributed by atoms with E-state index in [9.17, 15) is 0 Å². The minimum absolute atomic E-state index is 0.134. The molecule has 3 atom stereocenters. The van der Waals surface area contributed by atoms with Crippen molar-refractivity contribution in [2.24, 2.45) is 11.7 Å². The average Bonchev–Trinajstić information content (AvgIpc) is 2.94. The lowest BCUT2D eigenvalue weighted by Crippen LogP contribution is -2.59. The van der Waals surface area contributed by atoms with Crippen molar-refractivity contribution in [1.29, 1.82) is 0 Å². The van der Waals surface area contributed by atoms with Gasteiger partial charge in [0.05, 0.1) is 6.10 Å². The van der Waals surface area contributed by atoms with Crippen LogP contribution in [0.15, 0.2) is 0 Å². The molecule has 2 saturated heterocycles. The van der Waals surface area contributed by atoms with Gasteiger partial charge in [-0.25, -0.2) is 0 Å². The second-order valence-electron chi connectivity index (χ2n) is 7.34. The number of hydrogen-bond donors (Lipinski definition) is 1. The fraction of sp³-hybridized carbons (Fsp3) is 1.00. The molecule has 0 aliphatic carbocycles. The van der Waals surface area contributed by atoms with E-state index in [2.05, 4.69) is 37.6 Å². The van der Waals surface area contributed by atoms with Crippen molar-refractivity contribution >= 4 is 0 Å². The van der Waals surface area contributed by atoms with Crippen molar-refractivity contribution in [3.63, 3.8) is 0 Å². The maximum Gasteiger partial charge on any atom is 0.0616 e. The lowest BCUT2D eigenvalue weighted by Gasteiger charge is -2.48. The fourth-order valence-corrected chi connectivity index (χ4v) is 4.08. The average molecular weight is 297 g/mol. The molecule has 0 aromatic carbocycles. The molecule has 0 spiro atoms. The zero-order chi connectivity index (χ0) is 15.5. The Kier molecular flexibility index (Phi) is 6.06. The van der Waals surface area contributed by atoms with E-state index in [-0.39, 0.29) is 5.54 Å². The summed E-state index contributed by atoms with van der Waals surface area (Å²) in [6.07, 6.45) is 5.19. The smallest absolute Gasteiger partial charge is 0.0616 e. The number of hydrogen-bond acceptors (Lipinski definition) is 4. The van der Waals surface area contributed by atoms with E-state index in [0.29, 0.717) is 18.1 Å². The highest BCUT2D eigenvalue weighted by molar-refractivity contribution is 4.97. The van der Waals surface area contributed by atoms with Crippen molar-refractivity contribution in [3.05, 3.63) is 0 Å². The number of ether oxygens (including phenoxy) is 1. The topological polar surface area (TPSA) is 41.7 Å². The predicted octanol–water partition coefficient (Wildman–Crippen LogP) is 1.94. The number of likely N-dealkylation sites (tertiary alicyclic amines) is 1. The quantitative estimate of drug-likeness (QED) is 0.813. The van der Waals surface area contributed by atoms with Crippen LogP contribution in [0.5, 0.6) is 0 Å². The molecule has 2 heterocycles. The molecule has 0 bridgehead atoms. The molecule has 0 aromatic heterocycles. The van der Waals surface area contributed by atoms with E-state index in [4.69, 9.17) is 10.5 Å². The van der Waals surface area contributed by atoms with Gasteiger partial charge in [-0.15, -0.1) is 0 Å². The summed E-state index contributed by atoms with van der Waals surface area (Å²) in [5.41, 5.74) is 6.37. The second kappa shape index (κ2) is 7.40. The summed E-state index contributed by atoms with van der Waals surface area (Å²) in [5, 5.41) is 0. The van der Waals surface area contributed by atoms with Gasteiger partial charge in [0.15, 0.2) is 0 Å². The molecular formula is C17H35N3O. The van der Waals surface area contributed by atoms with E-state index in [1.54, 1.807) is 0 Å². The van der Waals surface area contributed by atoms with Crippen molar-refractivity contribution in [2.45, 2.75) is 64.1 Å². The Morgan fingerprint density at radius 3 is 2.81 bits per heavy atom. The SMILES string of the molecule is CCN1CCCC1CN(C)C1(CN)CCOC(C(C)C)C1. The van der Waals surface area contributed by atoms with Gasteiger partial charge < -0.3 is 10.5 Å². The largest absolute Gasteiger partial charge is 0.378 e. The Morgan fingerprint density at radius 1 is 1.43 bits per heavy atom. The van der Waals surface area contributed by atoms with E-state index in [1.807, 2.05) is 0 Å². The van der Waals surface area contributed by atoms with Gasteiger partial charge in [0.25, 0.3) is 0 Å². The van der Waals surface area contributed by atoms with Crippen LogP contribution in [0.4, 0.5) is 0 Å². The summed E-state index contributed by atoms with van der Waals surface area (Å²) in [4.78, 5) is 5.18. The Labute approximate surface area is 131 Å². The summed E-state index contributed by atoms with van der Waals surface area (Å²) in [5.74, 6) is 0.572. The highest BCUT2D eigenvalue weighted by Crippen LogP contribution is 2.33. The molecule has 124 valence electrons. The first-order valence-electron chi connectivity index (χ1n) is 8.79. The molecule has 2 aliphatic rings. The lowest BCUT2D eigenvalue weighted by atomic mass is 9.81. The van der Waals surface area contributed by atoms with Crippen molar-refractivity contribution in [2.75, 3.05) is 39.8 Å². The molecule has 21 heavy (non-hydrogen) atoms. The van der Waals surface area contributed by atoms with Gasteiger partial charge in [-0.05, 0) is 51.7 Å². The zero-order valence-corrected chi connectivity index (χ0v) is 14.5. The minimum atomic E-state index is 0.134. The maximum atomic E-state index is 6.23. The van der Waals surface area contributed by atoms with Crippen LogP contribution in [0.3, 0.4) is 0 Å². The Hall–Kier alpha value is -0.160. The molecule has 2 aliphatic heterocycles. The molecule has 2 rings (SSSR count). The van der Waals surface area contributed by atoms with Gasteiger partial charge in [0.2, 0.25) is 0 Å². The van der Waals surface area contributed by atoms with Gasteiger partial charge >= 0.3 is 0 Å². The van der Waals surface area contributed by atoms with Crippen LogP contribution in [-0.2, 0) is 4.74 Å². The second-order valence-corrected chi connectivity index (χ2v) is 7.34. The van der Waals surface area contributed by atoms with E-state index >= 15 is 0 Å². The third-order valence-corrected chi connectivity index (χ3v) is 5.80. The van der Waals surface area contributed by atoms with Crippen molar-refractivity contribution < 1.29 is 4.74 Å². The molecule has 0 radical (unpaired) electrons. The first-order valence-corrected chi connectivity index (χ1v) is 8.79. The first kappa shape index (κ1) is 17.2. The van der Waals surface area contributed by atoms with Gasteiger partial charge in [0.1, 0.15) is 0 Å². The number of likely N-dealkylation sites (N-methyl/N-ethyl adjacent to an activating group) is 2. The summed E-state index contributed by atoms with van der Waals surface area (Å²) < 4.78 is 5.97. The minimum Gasteiger partial charge on any atom is -0.378 e. The van der Waals surface area contributed by atoms with Crippen LogP contribution in [0.2, 0.25) is 0 Å². The van der Waals surface area contributed by atoms with Crippen LogP contribution < -0.4 is 5.73 Å². The summed E-state index contributed by atoms with van der Waals surface area (Å²) in [6, 6.07) is 0.712. The van der Waals surface area contributed by atoms with Crippen LogP contribution in [0, 0.1) is 5.92 Å². The molecule has 0 amide bonds. The molecule has 3 unspecified atom stereocenters. The van der Waals surface area contributed by atoms with Crippen molar-refractivity contribution in [3.8, 4) is 0 Å². The summed E-state index contributed by atoms with van der Waals surface area (Å²) in [7, 11) is 2.28. The molecule has 0 saturated carbocycles. The predicted molar refractivity (Wildman–Crippen MR) is 88.5 cm³/mol.